The van der Waals surface area contributed by atoms with Crippen LogP contribution in [0.5, 0.6) is 0 Å². The first kappa shape index (κ1) is 60.3. The van der Waals surface area contributed by atoms with Crippen LogP contribution in [0, 0.1) is 0 Å². The van der Waals surface area contributed by atoms with Crippen molar-refractivity contribution in [1.82, 2.24) is 5.32 Å². The monoisotopic (exact) mass is 874 g/mol. The van der Waals surface area contributed by atoms with E-state index >= 15 is 0 Å². The molecule has 0 aliphatic heterocycles. The minimum Gasteiger partial charge on any atom is -0.462 e. The number of rotatable bonds is 50. The molecule has 1 amide bonds. The van der Waals surface area contributed by atoms with Gasteiger partial charge in [0.2, 0.25) is 5.91 Å². The predicted octanol–water partition coefficient (Wildman–Crippen LogP) is 16.7. The quantitative estimate of drug-likeness (QED) is 0.0321. The molecule has 0 rings (SSSR count). The van der Waals surface area contributed by atoms with Crippen molar-refractivity contribution in [1.29, 1.82) is 0 Å². The summed E-state index contributed by atoms with van der Waals surface area (Å²) in [6.45, 7) is 6.46. The van der Waals surface area contributed by atoms with E-state index in [4.69, 9.17) is 4.74 Å². The highest BCUT2D eigenvalue weighted by Crippen LogP contribution is 2.18. The van der Waals surface area contributed by atoms with Crippen LogP contribution in [0.3, 0.4) is 0 Å². The van der Waals surface area contributed by atoms with E-state index in [1.807, 2.05) is 0 Å². The Morgan fingerprint density at radius 3 is 1.26 bits per heavy atom. The number of allylic oxidation sites excluding steroid dienone is 4. The first-order valence-electron chi connectivity index (χ1n) is 27.6. The standard InChI is InChI=1S/C56H107NO5/c1-4-7-10-13-16-19-21-23-25-26-27-28-30-32-34-37-40-43-46-49-56(61)62-52(47-44-41-38-36-33-31-29-24-22-20-17-14-11-8-5-2)50-55(60)57-53(51-58)54(59)48-45-42-39-35-18-15-12-9-6-3/h17,20,24,29,52-54,58-59H,4-16,18-19,21-23,25-28,30-51H2,1-3H3,(H,57,60)/b20-17-,29-24-. The molecule has 0 aromatic rings. The lowest BCUT2D eigenvalue weighted by atomic mass is 10.0. The summed E-state index contributed by atoms with van der Waals surface area (Å²) in [5, 5.41) is 23.7. The minimum atomic E-state index is -0.786. The van der Waals surface area contributed by atoms with Crippen molar-refractivity contribution in [3.8, 4) is 0 Å². The van der Waals surface area contributed by atoms with Crippen LogP contribution in [0.2, 0.25) is 0 Å². The van der Waals surface area contributed by atoms with Gasteiger partial charge in [-0.25, -0.2) is 0 Å². The number of aliphatic hydroxyl groups is 2. The second kappa shape index (κ2) is 50.3. The molecule has 3 N–H and O–H groups in total. The third-order valence-electron chi connectivity index (χ3n) is 12.8. The number of amides is 1. The number of nitrogens with one attached hydrogen (secondary N) is 1. The summed E-state index contributed by atoms with van der Waals surface area (Å²) in [7, 11) is 0. The predicted molar refractivity (Wildman–Crippen MR) is 269 cm³/mol. The molecule has 3 atom stereocenters. The molecule has 6 nitrogen and oxygen atoms in total. The fourth-order valence-corrected chi connectivity index (χ4v) is 8.58. The summed E-state index contributed by atoms with van der Waals surface area (Å²) in [5.41, 5.74) is 0. The summed E-state index contributed by atoms with van der Waals surface area (Å²) >= 11 is 0. The molecule has 0 bridgehead atoms. The fourth-order valence-electron chi connectivity index (χ4n) is 8.58. The second-order valence-corrected chi connectivity index (χ2v) is 19.0. The van der Waals surface area contributed by atoms with Gasteiger partial charge in [0.1, 0.15) is 6.10 Å². The van der Waals surface area contributed by atoms with Crippen molar-refractivity contribution >= 4 is 11.9 Å². The number of carbonyl (C=O) groups excluding carboxylic acids is 2. The third-order valence-corrected chi connectivity index (χ3v) is 12.8. The van der Waals surface area contributed by atoms with E-state index in [1.54, 1.807) is 0 Å². The summed E-state index contributed by atoms with van der Waals surface area (Å²) in [5.74, 6) is -0.472. The summed E-state index contributed by atoms with van der Waals surface area (Å²) < 4.78 is 5.95. The van der Waals surface area contributed by atoms with Crippen molar-refractivity contribution in [3.63, 3.8) is 0 Å². The molecule has 0 saturated heterocycles. The van der Waals surface area contributed by atoms with Gasteiger partial charge >= 0.3 is 5.97 Å². The van der Waals surface area contributed by atoms with Crippen LogP contribution >= 0.6 is 0 Å². The van der Waals surface area contributed by atoms with E-state index in [1.165, 1.54) is 180 Å². The van der Waals surface area contributed by atoms with Gasteiger partial charge in [-0.3, -0.25) is 9.59 Å². The Kier molecular flexibility index (Phi) is 49.0. The molecule has 0 radical (unpaired) electrons. The Morgan fingerprint density at radius 2 is 0.823 bits per heavy atom. The Morgan fingerprint density at radius 1 is 0.468 bits per heavy atom. The van der Waals surface area contributed by atoms with Gasteiger partial charge in [0.05, 0.1) is 25.2 Å². The second-order valence-electron chi connectivity index (χ2n) is 19.0. The summed E-state index contributed by atoms with van der Waals surface area (Å²) in [6, 6.07) is -0.701. The van der Waals surface area contributed by atoms with Crippen LogP contribution in [0.1, 0.15) is 297 Å². The van der Waals surface area contributed by atoms with Crippen LogP contribution in [-0.2, 0) is 14.3 Å². The number of esters is 1. The molecule has 366 valence electrons. The largest absolute Gasteiger partial charge is 0.462 e. The molecule has 0 aliphatic rings. The van der Waals surface area contributed by atoms with Crippen LogP contribution in [0.4, 0.5) is 0 Å². The van der Waals surface area contributed by atoms with Crippen molar-refractivity contribution in [2.45, 2.75) is 315 Å². The van der Waals surface area contributed by atoms with Crippen molar-refractivity contribution in [3.05, 3.63) is 24.3 Å². The Bertz CT molecular complexity index is 981. The van der Waals surface area contributed by atoms with E-state index in [9.17, 15) is 19.8 Å². The highest BCUT2D eigenvalue weighted by molar-refractivity contribution is 5.77. The van der Waals surface area contributed by atoms with E-state index < -0.39 is 18.2 Å². The van der Waals surface area contributed by atoms with Gasteiger partial charge in [-0.15, -0.1) is 0 Å². The molecule has 3 unspecified atom stereocenters. The van der Waals surface area contributed by atoms with Crippen molar-refractivity contribution < 1.29 is 24.5 Å². The molecular formula is C56H107NO5. The van der Waals surface area contributed by atoms with Gasteiger partial charge in [0, 0.05) is 6.42 Å². The maximum Gasteiger partial charge on any atom is 0.306 e. The van der Waals surface area contributed by atoms with Crippen LogP contribution in [0.15, 0.2) is 24.3 Å². The lowest BCUT2D eigenvalue weighted by Crippen LogP contribution is -2.46. The average molecular weight is 874 g/mol. The zero-order valence-electron chi connectivity index (χ0n) is 41.8. The van der Waals surface area contributed by atoms with E-state index in [0.717, 1.165) is 70.6 Å². The van der Waals surface area contributed by atoms with Gasteiger partial charge in [-0.1, -0.05) is 251 Å². The molecule has 0 saturated carbocycles. The molecule has 0 aromatic heterocycles. The van der Waals surface area contributed by atoms with Crippen LogP contribution < -0.4 is 5.32 Å². The van der Waals surface area contributed by atoms with E-state index in [2.05, 4.69) is 50.4 Å². The zero-order chi connectivity index (χ0) is 45.2. The fraction of sp³-hybridized carbons (Fsp3) is 0.893. The summed E-state index contributed by atoms with van der Waals surface area (Å²) in [6.07, 6.45) is 58.2. The third kappa shape index (κ3) is 44.9. The molecule has 0 fully saturated rings. The van der Waals surface area contributed by atoms with Crippen LogP contribution in [0.25, 0.3) is 0 Å². The molecule has 0 aromatic carbocycles. The molecule has 6 heteroatoms. The Balaban J connectivity index is 4.49. The maximum absolute atomic E-state index is 13.2. The summed E-state index contributed by atoms with van der Waals surface area (Å²) in [4.78, 5) is 26.2. The normalized spacial score (nSPS) is 13.3. The highest BCUT2D eigenvalue weighted by Gasteiger charge is 2.24. The Hall–Kier alpha value is -1.66. The number of hydrogen-bond acceptors (Lipinski definition) is 5. The maximum atomic E-state index is 13.2. The van der Waals surface area contributed by atoms with Gasteiger partial charge in [-0.05, 0) is 57.8 Å². The Labute approximate surface area is 386 Å². The van der Waals surface area contributed by atoms with Gasteiger partial charge in [-0.2, -0.15) is 0 Å². The molecule has 0 spiro atoms. The zero-order valence-corrected chi connectivity index (χ0v) is 41.8. The van der Waals surface area contributed by atoms with Crippen LogP contribution in [-0.4, -0.2) is 46.9 Å². The SMILES string of the molecule is CCCCC/C=C\C/C=C\CCCCCCCC(CC(=O)NC(CO)C(O)CCCCCCCCCCC)OC(=O)CCCCCCCCCCCCCCCCCCCCC. The number of aliphatic hydroxyl groups excluding tert-OH is 2. The topological polar surface area (TPSA) is 95.9 Å². The lowest BCUT2D eigenvalue weighted by Gasteiger charge is -2.24. The smallest absolute Gasteiger partial charge is 0.306 e. The molecular weight excluding hydrogens is 767 g/mol. The highest BCUT2D eigenvalue weighted by atomic mass is 16.5. The van der Waals surface area contributed by atoms with E-state index in [0.29, 0.717) is 19.3 Å². The van der Waals surface area contributed by atoms with Gasteiger partial charge < -0.3 is 20.3 Å². The molecule has 0 heterocycles. The minimum absolute atomic E-state index is 0.0734. The molecule has 0 aliphatic carbocycles. The molecule has 62 heavy (non-hydrogen) atoms. The van der Waals surface area contributed by atoms with E-state index in [-0.39, 0.29) is 24.9 Å². The van der Waals surface area contributed by atoms with Gasteiger partial charge in [0.15, 0.2) is 0 Å². The average Bonchev–Trinajstić information content (AvgIpc) is 3.26. The number of hydrogen-bond donors (Lipinski definition) is 3. The first-order chi connectivity index (χ1) is 30.5. The van der Waals surface area contributed by atoms with Crippen molar-refractivity contribution in [2.24, 2.45) is 0 Å². The first-order valence-corrected chi connectivity index (χ1v) is 27.6. The number of ether oxygens (including phenoxy) is 1. The van der Waals surface area contributed by atoms with Gasteiger partial charge in [0.25, 0.3) is 0 Å². The van der Waals surface area contributed by atoms with Crippen molar-refractivity contribution in [2.75, 3.05) is 6.61 Å². The lowest BCUT2D eigenvalue weighted by molar-refractivity contribution is -0.151. The number of unbranched alkanes of at least 4 members (excludes halogenated alkanes) is 34. The number of carbonyl (C=O) groups is 2.